The molecule has 0 aromatic heterocycles. The quantitative estimate of drug-likeness (QED) is 0.149. The van der Waals surface area contributed by atoms with Crippen LogP contribution >= 0.6 is 24.4 Å². The summed E-state index contributed by atoms with van der Waals surface area (Å²) in [6.45, 7) is 9.35. The largest absolute Gasteiger partial charge is 0.415 e. The summed E-state index contributed by atoms with van der Waals surface area (Å²) in [5, 5.41) is 0. The SMILES string of the molecule is CC(C)CCCC[CH2][Mo+2][CH2]CCCCC(C)C.NC(=S)[S-].NC(=S)[S-]. The Labute approximate surface area is 187 Å². The average Bonchev–Trinajstić information content (AvgIpc) is 2.42. The van der Waals surface area contributed by atoms with Gasteiger partial charge in [-0.05, 0) is 0 Å². The summed E-state index contributed by atoms with van der Waals surface area (Å²) >= 11 is 16.9. The van der Waals surface area contributed by atoms with Gasteiger partial charge in [-0.3, -0.25) is 0 Å². The first-order valence-corrected chi connectivity index (χ1v) is 13.6. The molecule has 0 fully saturated rings. The standard InChI is InChI=1S/2C8H17.2CH3NS2.Mo/c2*1-4-5-6-7-8(2)3;2*2-1(3)4;/h2*8H,1,4-7H2,2-3H3;2*(H3,2,3,4);/q;;;;+2/p-2. The number of unbranched alkanes of at least 4 members (excludes halogenated alkanes) is 4. The second-order valence-electron chi connectivity index (χ2n) is 6.74. The van der Waals surface area contributed by atoms with Crippen molar-refractivity contribution in [2.45, 2.75) is 88.7 Å². The van der Waals surface area contributed by atoms with Gasteiger partial charge in [0.05, 0.1) is 0 Å². The maximum absolute atomic E-state index is 4.66. The first-order valence-electron chi connectivity index (χ1n) is 9.10. The van der Waals surface area contributed by atoms with Gasteiger partial charge in [-0.15, -0.1) is 0 Å². The van der Waals surface area contributed by atoms with Crippen LogP contribution in [-0.2, 0) is 43.8 Å². The van der Waals surface area contributed by atoms with E-state index in [9.17, 15) is 0 Å². The van der Waals surface area contributed by atoms with Crippen molar-refractivity contribution in [1.29, 1.82) is 0 Å². The van der Waals surface area contributed by atoms with Crippen molar-refractivity contribution < 1.29 is 18.6 Å². The molecule has 0 radical (unpaired) electrons. The number of hydrogen-bond acceptors (Lipinski definition) is 4. The van der Waals surface area contributed by atoms with E-state index in [1.807, 2.05) is 0 Å². The van der Waals surface area contributed by atoms with Crippen molar-refractivity contribution >= 4 is 58.3 Å². The molecule has 25 heavy (non-hydrogen) atoms. The zero-order chi connectivity index (χ0) is 20.1. The molecule has 0 aromatic carbocycles. The van der Waals surface area contributed by atoms with E-state index < -0.39 is 0 Å². The maximum Gasteiger partial charge on any atom is -0.0708 e. The normalized spacial score (nSPS) is 9.68. The van der Waals surface area contributed by atoms with E-state index in [0.717, 1.165) is 11.8 Å². The third-order valence-electron chi connectivity index (χ3n) is 3.14. The minimum atomic E-state index is 0.0833. The average molecular weight is 507 g/mol. The van der Waals surface area contributed by atoms with Crippen LogP contribution in [-0.4, -0.2) is 8.64 Å². The topological polar surface area (TPSA) is 52.0 Å². The van der Waals surface area contributed by atoms with Crippen LogP contribution in [0.15, 0.2) is 0 Å². The third-order valence-corrected chi connectivity index (χ3v) is 5.98. The van der Waals surface area contributed by atoms with E-state index in [1.165, 1.54) is 51.4 Å². The van der Waals surface area contributed by atoms with Gasteiger partial charge in [0, 0.05) is 0 Å². The van der Waals surface area contributed by atoms with Crippen molar-refractivity contribution in [2.24, 2.45) is 23.3 Å². The second-order valence-corrected chi connectivity index (χ2v) is 12.0. The molecular weight excluding hydrogens is 468 g/mol. The molecule has 7 heteroatoms. The fourth-order valence-electron chi connectivity index (χ4n) is 1.97. The summed E-state index contributed by atoms with van der Waals surface area (Å²) in [6, 6.07) is 0. The first-order chi connectivity index (χ1) is 11.6. The molecule has 0 atom stereocenters. The van der Waals surface area contributed by atoms with E-state index in [1.54, 1.807) is 9.62 Å². The zero-order valence-electron chi connectivity index (χ0n) is 16.4. The van der Waals surface area contributed by atoms with Gasteiger partial charge in [-0.25, -0.2) is 0 Å². The number of hydrogen-bond donors (Lipinski definition) is 2. The van der Waals surface area contributed by atoms with Gasteiger partial charge >= 0.3 is 119 Å². The molecular formula is C18H38MoN2S4. The molecule has 0 rings (SSSR count). The molecule has 0 heterocycles. The molecule has 4 N–H and O–H groups in total. The van der Waals surface area contributed by atoms with Gasteiger partial charge < -0.3 is 61.2 Å². The van der Waals surface area contributed by atoms with E-state index >= 15 is 0 Å². The van der Waals surface area contributed by atoms with Crippen LogP contribution in [0.5, 0.6) is 0 Å². The molecule has 2 nitrogen and oxygen atoms in total. The van der Waals surface area contributed by atoms with Crippen molar-refractivity contribution in [3.63, 3.8) is 0 Å². The molecule has 0 unspecified atom stereocenters. The summed E-state index contributed by atoms with van der Waals surface area (Å²) in [5.41, 5.74) is 9.31. The molecule has 0 spiro atoms. The van der Waals surface area contributed by atoms with Gasteiger partial charge in [-0.2, -0.15) is 0 Å². The fraction of sp³-hybridized carbons (Fsp3) is 0.889. The summed E-state index contributed by atoms with van der Waals surface area (Å²) in [7, 11) is 0. The molecule has 0 bridgehead atoms. The van der Waals surface area contributed by atoms with Crippen molar-refractivity contribution in [3.8, 4) is 0 Å². The Bertz CT molecular complexity index is 265. The van der Waals surface area contributed by atoms with Gasteiger partial charge in [0.15, 0.2) is 0 Å². The predicted molar refractivity (Wildman–Crippen MR) is 125 cm³/mol. The van der Waals surface area contributed by atoms with Crippen molar-refractivity contribution in [3.05, 3.63) is 0 Å². The Morgan fingerprint density at radius 3 is 1.24 bits per heavy atom. The van der Waals surface area contributed by atoms with Crippen LogP contribution in [0.1, 0.15) is 79.1 Å². The second kappa shape index (κ2) is 24.9. The first kappa shape index (κ1) is 30.6. The predicted octanol–water partition coefficient (Wildman–Crippen LogP) is 5.89. The van der Waals surface area contributed by atoms with Crippen molar-refractivity contribution in [2.75, 3.05) is 0 Å². The summed E-state index contributed by atoms with van der Waals surface area (Å²) < 4.78 is 0.167. The van der Waals surface area contributed by atoms with Crippen LogP contribution in [0, 0.1) is 11.8 Å². The molecule has 0 amide bonds. The molecule has 0 aromatic rings. The summed E-state index contributed by atoms with van der Waals surface area (Å²) in [6.07, 6.45) is 11.9. The smallest absolute Gasteiger partial charge is 0.0708 e. The monoisotopic (exact) mass is 508 g/mol. The van der Waals surface area contributed by atoms with Crippen LogP contribution in [0.25, 0.3) is 0 Å². The third kappa shape index (κ3) is 58.8. The molecule has 150 valence electrons. The zero-order valence-corrected chi connectivity index (χ0v) is 21.7. The minimum absolute atomic E-state index is 0.0833. The van der Waals surface area contributed by atoms with E-state index in [4.69, 9.17) is 0 Å². The van der Waals surface area contributed by atoms with Crippen LogP contribution in [0.4, 0.5) is 0 Å². The Hall–Kier alpha value is 0.908. The fourth-order valence-corrected chi connectivity index (χ4v) is 4.48. The summed E-state index contributed by atoms with van der Waals surface area (Å²) in [4.78, 5) is 3.21. The van der Waals surface area contributed by atoms with E-state index in [2.05, 4.69) is 88.9 Å². The van der Waals surface area contributed by atoms with Gasteiger partial charge in [-0.1, -0.05) is 8.64 Å². The number of nitrogens with two attached hydrogens (primary N) is 2. The van der Waals surface area contributed by atoms with E-state index in [-0.39, 0.29) is 8.64 Å². The maximum atomic E-state index is 4.66. The Kier molecular flexibility index (Phi) is 30.5. The Morgan fingerprint density at radius 2 is 1.00 bits per heavy atom. The van der Waals surface area contributed by atoms with Gasteiger partial charge in [0.25, 0.3) is 0 Å². The molecule has 0 aliphatic rings. The Morgan fingerprint density at radius 1 is 0.720 bits per heavy atom. The van der Waals surface area contributed by atoms with Crippen LogP contribution in [0.2, 0.25) is 9.62 Å². The number of thiocarbonyl (C=S) groups is 2. The van der Waals surface area contributed by atoms with Gasteiger partial charge in [0.1, 0.15) is 0 Å². The Balaban J connectivity index is -0.000000503. The molecule has 0 aliphatic heterocycles. The molecule has 0 aliphatic carbocycles. The molecule has 0 saturated carbocycles. The summed E-state index contributed by atoms with van der Waals surface area (Å²) in [5.74, 6) is 1.82. The minimum Gasteiger partial charge on any atom is -0.415 e. The van der Waals surface area contributed by atoms with Crippen LogP contribution in [0.3, 0.4) is 0 Å². The van der Waals surface area contributed by atoms with Gasteiger partial charge in [0.2, 0.25) is 0 Å². The molecule has 0 saturated heterocycles. The van der Waals surface area contributed by atoms with E-state index in [0.29, 0.717) is 18.6 Å². The van der Waals surface area contributed by atoms with Crippen LogP contribution < -0.4 is 11.5 Å². The number of rotatable bonds is 12. The van der Waals surface area contributed by atoms with Crippen molar-refractivity contribution in [1.82, 2.24) is 0 Å².